The normalized spacial score (nSPS) is 13.9. The van der Waals surface area contributed by atoms with Crippen molar-refractivity contribution in [3.05, 3.63) is 41.7 Å². The second-order valence-corrected chi connectivity index (χ2v) is 6.54. The molecule has 2 aromatic rings. The molecule has 1 saturated heterocycles. The molecule has 9 heteroatoms. The lowest BCUT2D eigenvalue weighted by molar-refractivity contribution is 0.0375. The van der Waals surface area contributed by atoms with Crippen molar-refractivity contribution in [2.24, 2.45) is 0 Å². The van der Waals surface area contributed by atoms with Crippen molar-refractivity contribution in [3.63, 3.8) is 0 Å². The summed E-state index contributed by atoms with van der Waals surface area (Å²) in [4.78, 5) is 22.2. The number of rotatable bonds is 5. The van der Waals surface area contributed by atoms with Crippen LogP contribution in [0.5, 0.6) is 0 Å². The monoisotopic (exact) mass is 395 g/mol. The van der Waals surface area contributed by atoms with Crippen LogP contribution in [-0.2, 0) is 4.74 Å². The van der Waals surface area contributed by atoms with E-state index in [9.17, 15) is 4.79 Å². The van der Waals surface area contributed by atoms with Gasteiger partial charge in [0, 0.05) is 30.9 Å². The zero-order valence-electron chi connectivity index (χ0n) is 16.1. The highest BCUT2D eigenvalue weighted by Gasteiger charge is 2.09. The first-order valence-corrected chi connectivity index (χ1v) is 9.45. The Morgan fingerprint density at radius 1 is 1.17 bits per heavy atom. The lowest BCUT2D eigenvalue weighted by atomic mass is 10.2. The van der Waals surface area contributed by atoms with Gasteiger partial charge in [-0.05, 0) is 31.2 Å². The van der Waals surface area contributed by atoms with Gasteiger partial charge in [-0.2, -0.15) is 0 Å². The van der Waals surface area contributed by atoms with Crippen LogP contribution in [0.1, 0.15) is 17.5 Å². The number of anilines is 3. The highest BCUT2D eigenvalue weighted by Crippen LogP contribution is 2.13. The molecule has 1 fully saturated rings. The molecule has 0 bridgehead atoms. The fourth-order valence-electron chi connectivity index (χ4n) is 2.86. The first kappa shape index (κ1) is 20.4. The van der Waals surface area contributed by atoms with Gasteiger partial charge in [-0.3, -0.25) is 4.90 Å². The fraction of sp³-hybridized carbons (Fsp3) is 0.350. The molecule has 0 saturated carbocycles. The van der Waals surface area contributed by atoms with Crippen molar-refractivity contribution in [3.8, 4) is 11.8 Å². The van der Waals surface area contributed by atoms with Crippen LogP contribution in [0.4, 0.5) is 22.1 Å². The van der Waals surface area contributed by atoms with Crippen LogP contribution in [0.3, 0.4) is 0 Å². The van der Waals surface area contributed by atoms with E-state index in [4.69, 9.17) is 16.2 Å². The Morgan fingerprint density at radius 2 is 1.93 bits per heavy atom. The molecule has 1 aliphatic rings. The van der Waals surface area contributed by atoms with Crippen molar-refractivity contribution in [2.75, 3.05) is 56.2 Å². The molecule has 3 rings (SSSR count). The van der Waals surface area contributed by atoms with Crippen LogP contribution in [0, 0.1) is 11.8 Å². The number of ether oxygens (including phenoxy) is 1. The molecule has 1 aromatic heterocycles. The molecule has 0 radical (unpaired) electrons. The highest BCUT2D eigenvalue weighted by atomic mass is 16.5. The van der Waals surface area contributed by atoms with Crippen LogP contribution in [-0.4, -0.2) is 60.3 Å². The minimum atomic E-state index is -0.248. The maximum Gasteiger partial charge on any atom is 0.319 e. The van der Waals surface area contributed by atoms with Gasteiger partial charge in [0.05, 0.1) is 13.2 Å². The van der Waals surface area contributed by atoms with E-state index >= 15 is 0 Å². The Hall–Kier alpha value is -3.35. The zero-order valence-corrected chi connectivity index (χ0v) is 16.1. The summed E-state index contributed by atoms with van der Waals surface area (Å²) in [5.41, 5.74) is 13.3. The largest absolute Gasteiger partial charge is 0.382 e. The number of aromatic nitrogens is 2. The molecular weight excluding hydrogens is 370 g/mol. The Bertz CT molecular complexity index is 881. The summed E-state index contributed by atoms with van der Waals surface area (Å²) in [6.07, 6.45) is 2.18. The van der Waals surface area contributed by atoms with Gasteiger partial charge in [-0.15, -0.1) is 0 Å². The number of nitrogens with zero attached hydrogens (tertiary/aromatic N) is 3. The topological polar surface area (TPSA) is 131 Å². The second-order valence-electron chi connectivity index (χ2n) is 6.54. The molecular formula is C20H25N7O2. The number of benzene rings is 1. The van der Waals surface area contributed by atoms with Gasteiger partial charge in [0.2, 0.25) is 0 Å². The van der Waals surface area contributed by atoms with Gasteiger partial charge in [-0.1, -0.05) is 17.9 Å². The summed E-state index contributed by atoms with van der Waals surface area (Å²) in [6.45, 7) is 5.02. The minimum absolute atomic E-state index is 0.232. The van der Waals surface area contributed by atoms with E-state index in [0.29, 0.717) is 23.4 Å². The molecule has 1 aromatic carbocycles. The number of nitrogens with two attached hydrogens (primary N) is 2. The maximum absolute atomic E-state index is 12.1. The quantitative estimate of drug-likeness (QED) is 0.437. The number of morpholine rings is 1. The van der Waals surface area contributed by atoms with Crippen molar-refractivity contribution in [1.82, 2.24) is 20.2 Å². The van der Waals surface area contributed by atoms with Crippen LogP contribution < -0.4 is 22.1 Å². The minimum Gasteiger partial charge on any atom is -0.382 e. The molecule has 2 amide bonds. The first-order chi connectivity index (χ1) is 14.1. The SMILES string of the molecule is Nc1ncnc(N)c1C#Cc1cccc(NC(=O)NCCCN2CCOCC2)c1. The number of urea groups is 1. The predicted octanol–water partition coefficient (Wildman–Crippen LogP) is 0.885. The predicted molar refractivity (Wildman–Crippen MR) is 112 cm³/mol. The lowest BCUT2D eigenvalue weighted by Crippen LogP contribution is -2.38. The van der Waals surface area contributed by atoms with Crippen LogP contribution in [0.25, 0.3) is 0 Å². The first-order valence-electron chi connectivity index (χ1n) is 9.45. The number of hydrogen-bond donors (Lipinski definition) is 4. The van der Waals surface area contributed by atoms with E-state index in [1.807, 2.05) is 12.1 Å². The summed E-state index contributed by atoms with van der Waals surface area (Å²) in [5.74, 6) is 6.32. The third-order valence-electron chi connectivity index (χ3n) is 4.40. The molecule has 0 atom stereocenters. The average molecular weight is 395 g/mol. The molecule has 9 nitrogen and oxygen atoms in total. The summed E-state index contributed by atoms with van der Waals surface area (Å²) in [7, 11) is 0. The van der Waals surface area contributed by atoms with E-state index in [2.05, 4.69) is 37.3 Å². The average Bonchev–Trinajstić information content (AvgIpc) is 2.72. The Balaban J connectivity index is 1.49. The second kappa shape index (κ2) is 10.3. The maximum atomic E-state index is 12.1. The summed E-state index contributed by atoms with van der Waals surface area (Å²) in [5, 5.41) is 5.69. The van der Waals surface area contributed by atoms with Crippen molar-refractivity contribution >= 4 is 23.4 Å². The molecule has 152 valence electrons. The van der Waals surface area contributed by atoms with Crippen molar-refractivity contribution < 1.29 is 9.53 Å². The molecule has 2 heterocycles. The van der Waals surface area contributed by atoms with Crippen LogP contribution in [0.2, 0.25) is 0 Å². The molecule has 6 N–H and O–H groups in total. The van der Waals surface area contributed by atoms with Gasteiger partial charge >= 0.3 is 6.03 Å². The summed E-state index contributed by atoms with van der Waals surface area (Å²) in [6, 6.07) is 6.96. The Labute approximate surface area is 169 Å². The third kappa shape index (κ3) is 6.34. The number of nitrogens with one attached hydrogen (secondary N) is 2. The van der Waals surface area contributed by atoms with Crippen LogP contribution in [0.15, 0.2) is 30.6 Å². The van der Waals surface area contributed by atoms with E-state index in [1.165, 1.54) is 6.33 Å². The zero-order chi connectivity index (χ0) is 20.5. The number of amides is 2. The van der Waals surface area contributed by atoms with Crippen LogP contribution >= 0.6 is 0 Å². The van der Waals surface area contributed by atoms with Gasteiger partial charge in [0.25, 0.3) is 0 Å². The molecule has 29 heavy (non-hydrogen) atoms. The highest BCUT2D eigenvalue weighted by molar-refractivity contribution is 5.89. The Kier molecular flexibility index (Phi) is 7.22. The van der Waals surface area contributed by atoms with E-state index in [0.717, 1.165) is 39.3 Å². The summed E-state index contributed by atoms with van der Waals surface area (Å²) >= 11 is 0. The van der Waals surface area contributed by atoms with E-state index in [-0.39, 0.29) is 17.7 Å². The molecule has 0 spiro atoms. The van der Waals surface area contributed by atoms with Gasteiger partial charge in [0.1, 0.15) is 23.5 Å². The van der Waals surface area contributed by atoms with E-state index in [1.54, 1.807) is 12.1 Å². The molecule has 0 aliphatic carbocycles. The van der Waals surface area contributed by atoms with Crippen molar-refractivity contribution in [1.29, 1.82) is 0 Å². The summed E-state index contributed by atoms with van der Waals surface area (Å²) < 4.78 is 5.32. The number of carbonyl (C=O) groups is 1. The van der Waals surface area contributed by atoms with Crippen molar-refractivity contribution in [2.45, 2.75) is 6.42 Å². The standard InChI is InChI=1S/C20H25N7O2/c21-18-17(19(22)25-14-24-18)6-5-15-3-1-4-16(13-15)26-20(28)23-7-2-8-27-9-11-29-12-10-27/h1,3-4,13-14H,2,7-12H2,(H2,23,26,28)(H4,21,22,24,25). The molecule has 0 unspecified atom stereocenters. The smallest absolute Gasteiger partial charge is 0.319 e. The van der Waals surface area contributed by atoms with Gasteiger partial charge in [-0.25, -0.2) is 14.8 Å². The Morgan fingerprint density at radius 3 is 2.69 bits per heavy atom. The van der Waals surface area contributed by atoms with Gasteiger partial charge in [0.15, 0.2) is 0 Å². The number of nitrogen functional groups attached to an aromatic ring is 2. The molecule has 1 aliphatic heterocycles. The third-order valence-corrected chi connectivity index (χ3v) is 4.40. The lowest BCUT2D eigenvalue weighted by Gasteiger charge is -2.26. The van der Waals surface area contributed by atoms with Gasteiger partial charge < -0.3 is 26.8 Å². The number of carbonyl (C=O) groups excluding carboxylic acids is 1. The van der Waals surface area contributed by atoms with E-state index < -0.39 is 0 Å². The number of hydrogen-bond acceptors (Lipinski definition) is 7. The fourth-order valence-corrected chi connectivity index (χ4v) is 2.86.